The topological polar surface area (TPSA) is 29.5 Å². The smallest absolute Gasteiger partial charge is 0.119 e. The highest BCUT2D eigenvalue weighted by molar-refractivity contribution is 5.35. The number of unbranched alkanes of at least 4 members (excludes halogenated alkanes) is 1. The first-order chi connectivity index (χ1) is 10.2. The van der Waals surface area contributed by atoms with Crippen molar-refractivity contribution >= 4 is 0 Å². The van der Waals surface area contributed by atoms with Crippen LogP contribution in [0.3, 0.4) is 0 Å². The van der Waals surface area contributed by atoms with Crippen molar-refractivity contribution < 1.29 is 9.84 Å². The molecule has 0 radical (unpaired) electrons. The van der Waals surface area contributed by atoms with Crippen LogP contribution in [0.4, 0.5) is 0 Å². The van der Waals surface area contributed by atoms with Crippen molar-refractivity contribution in [2.24, 2.45) is 0 Å². The Kier molecular flexibility index (Phi) is 5.82. The number of hydrogen-bond donors (Lipinski definition) is 1. The number of benzene rings is 2. The minimum atomic E-state index is -0.582. The van der Waals surface area contributed by atoms with Crippen molar-refractivity contribution in [2.45, 2.75) is 39.2 Å². The number of aliphatic hydroxyl groups is 1. The van der Waals surface area contributed by atoms with Crippen LogP contribution in [0.15, 0.2) is 48.5 Å². The largest absolute Gasteiger partial charge is 0.494 e. The summed E-state index contributed by atoms with van der Waals surface area (Å²) in [6.45, 7) is 5.01. The van der Waals surface area contributed by atoms with Gasteiger partial charge in [0.2, 0.25) is 0 Å². The van der Waals surface area contributed by atoms with Gasteiger partial charge in [-0.15, -0.1) is 0 Å². The second kappa shape index (κ2) is 7.84. The second-order valence-corrected chi connectivity index (χ2v) is 5.27. The zero-order chi connectivity index (χ0) is 15.1. The van der Waals surface area contributed by atoms with Crippen LogP contribution in [0.25, 0.3) is 0 Å². The third-order valence-electron chi connectivity index (χ3n) is 3.64. The molecule has 1 unspecified atom stereocenters. The van der Waals surface area contributed by atoms with Crippen LogP contribution in [0.5, 0.6) is 5.75 Å². The molecule has 0 aliphatic rings. The number of rotatable bonds is 7. The fourth-order valence-corrected chi connectivity index (χ4v) is 2.26. The summed E-state index contributed by atoms with van der Waals surface area (Å²) in [5, 5.41) is 10.5. The first kappa shape index (κ1) is 15.6. The van der Waals surface area contributed by atoms with Crippen LogP contribution in [0, 0.1) is 0 Å². The van der Waals surface area contributed by atoms with E-state index in [1.807, 2.05) is 36.4 Å². The lowest BCUT2D eigenvalue weighted by Gasteiger charge is -2.13. The van der Waals surface area contributed by atoms with Crippen molar-refractivity contribution in [3.8, 4) is 5.75 Å². The Morgan fingerprint density at radius 3 is 2.43 bits per heavy atom. The molecule has 0 saturated heterocycles. The number of hydrogen-bond acceptors (Lipinski definition) is 2. The molecule has 21 heavy (non-hydrogen) atoms. The van der Waals surface area contributed by atoms with E-state index in [-0.39, 0.29) is 0 Å². The van der Waals surface area contributed by atoms with Crippen LogP contribution in [-0.2, 0) is 6.42 Å². The standard InChI is InChI=1S/C19H24O2/c1-3-5-13-21-18-11-9-16(10-12-18)19(20)17-8-6-7-15(4-2)14-17/h6-12,14,19-20H,3-5,13H2,1-2H3. The highest BCUT2D eigenvalue weighted by atomic mass is 16.5. The average Bonchev–Trinajstić information content (AvgIpc) is 2.55. The minimum absolute atomic E-state index is 0.582. The van der Waals surface area contributed by atoms with Crippen molar-refractivity contribution in [3.05, 3.63) is 65.2 Å². The molecule has 2 rings (SSSR count). The molecule has 2 aromatic rings. The zero-order valence-corrected chi connectivity index (χ0v) is 12.9. The van der Waals surface area contributed by atoms with E-state index < -0.39 is 6.10 Å². The Bertz CT molecular complexity index is 546. The average molecular weight is 284 g/mol. The van der Waals surface area contributed by atoms with Crippen molar-refractivity contribution in [1.29, 1.82) is 0 Å². The van der Waals surface area contributed by atoms with Crippen LogP contribution in [0.1, 0.15) is 49.5 Å². The Labute approximate surface area is 127 Å². The predicted molar refractivity (Wildman–Crippen MR) is 86.7 cm³/mol. The van der Waals surface area contributed by atoms with Gasteiger partial charge in [0.1, 0.15) is 11.9 Å². The van der Waals surface area contributed by atoms with Gasteiger partial charge in [-0.25, -0.2) is 0 Å². The monoisotopic (exact) mass is 284 g/mol. The highest BCUT2D eigenvalue weighted by Gasteiger charge is 2.10. The summed E-state index contributed by atoms with van der Waals surface area (Å²) in [6, 6.07) is 15.8. The van der Waals surface area contributed by atoms with Gasteiger partial charge in [-0.2, -0.15) is 0 Å². The zero-order valence-electron chi connectivity index (χ0n) is 12.9. The van der Waals surface area contributed by atoms with Gasteiger partial charge in [0.25, 0.3) is 0 Å². The van der Waals surface area contributed by atoms with Crippen LogP contribution in [0.2, 0.25) is 0 Å². The van der Waals surface area contributed by atoms with Gasteiger partial charge in [-0.1, -0.05) is 56.7 Å². The van der Waals surface area contributed by atoms with E-state index in [0.717, 1.165) is 42.7 Å². The fraction of sp³-hybridized carbons (Fsp3) is 0.368. The molecule has 0 aliphatic heterocycles. The molecule has 0 aromatic heterocycles. The normalized spacial score (nSPS) is 12.1. The number of aliphatic hydroxyl groups excluding tert-OH is 1. The molecule has 0 saturated carbocycles. The van der Waals surface area contributed by atoms with E-state index in [1.165, 1.54) is 5.56 Å². The third-order valence-corrected chi connectivity index (χ3v) is 3.64. The Morgan fingerprint density at radius 2 is 1.76 bits per heavy atom. The molecule has 0 spiro atoms. The summed E-state index contributed by atoms with van der Waals surface area (Å²) in [7, 11) is 0. The Morgan fingerprint density at radius 1 is 1.00 bits per heavy atom. The molecule has 1 N–H and O–H groups in total. The van der Waals surface area contributed by atoms with Gasteiger partial charge in [0.05, 0.1) is 6.61 Å². The third kappa shape index (κ3) is 4.33. The molecule has 0 amide bonds. The van der Waals surface area contributed by atoms with Gasteiger partial charge in [0.15, 0.2) is 0 Å². The van der Waals surface area contributed by atoms with E-state index in [2.05, 4.69) is 26.0 Å². The molecular weight excluding hydrogens is 260 g/mol. The van der Waals surface area contributed by atoms with E-state index in [1.54, 1.807) is 0 Å². The van der Waals surface area contributed by atoms with Gasteiger partial charge in [-0.3, -0.25) is 0 Å². The molecule has 0 heterocycles. The fourth-order valence-electron chi connectivity index (χ4n) is 2.26. The molecule has 0 bridgehead atoms. The summed E-state index contributed by atoms with van der Waals surface area (Å²) in [6.07, 6.45) is 2.59. The highest BCUT2D eigenvalue weighted by Crippen LogP contribution is 2.24. The van der Waals surface area contributed by atoms with E-state index in [9.17, 15) is 5.11 Å². The minimum Gasteiger partial charge on any atom is -0.494 e. The maximum atomic E-state index is 10.5. The van der Waals surface area contributed by atoms with E-state index in [0.29, 0.717) is 0 Å². The molecule has 1 atom stereocenters. The van der Waals surface area contributed by atoms with Crippen molar-refractivity contribution in [1.82, 2.24) is 0 Å². The van der Waals surface area contributed by atoms with Gasteiger partial charge >= 0.3 is 0 Å². The number of ether oxygens (including phenoxy) is 1. The van der Waals surface area contributed by atoms with E-state index >= 15 is 0 Å². The lowest BCUT2D eigenvalue weighted by molar-refractivity contribution is 0.220. The van der Waals surface area contributed by atoms with Crippen LogP contribution >= 0.6 is 0 Å². The predicted octanol–water partition coefficient (Wildman–Crippen LogP) is 4.51. The summed E-state index contributed by atoms with van der Waals surface area (Å²) in [5.41, 5.74) is 3.08. The molecule has 2 nitrogen and oxygen atoms in total. The molecule has 0 aliphatic carbocycles. The molecular formula is C19H24O2. The Balaban J connectivity index is 2.06. The summed E-state index contributed by atoms with van der Waals surface area (Å²) in [4.78, 5) is 0. The molecule has 2 heteroatoms. The quantitative estimate of drug-likeness (QED) is 0.758. The SMILES string of the molecule is CCCCOc1ccc(C(O)c2cccc(CC)c2)cc1. The maximum Gasteiger partial charge on any atom is 0.119 e. The van der Waals surface area contributed by atoms with Gasteiger partial charge < -0.3 is 9.84 Å². The Hall–Kier alpha value is -1.80. The lowest BCUT2D eigenvalue weighted by Crippen LogP contribution is -2.01. The summed E-state index contributed by atoms with van der Waals surface area (Å²) >= 11 is 0. The first-order valence-electron chi connectivity index (χ1n) is 7.74. The summed E-state index contributed by atoms with van der Waals surface area (Å²) in [5.74, 6) is 0.863. The van der Waals surface area contributed by atoms with E-state index in [4.69, 9.17) is 4.74 Å². The second-order valence-electron chi connectivity index (χ2n) is 5.27. The van der Waals surface area contributed by atoms with Crippen LogP contribution < -0.4 is 4.74 Å². The van der Waals surface area contributed by atoms with Gasteiger partial charge in [0, 0.05) is 0 Å². The molecule has 2 aromatic carbocycles. The van der Waals surface area contributed by atoms with Crippen molar-refractivity contribution in [3.63, 3.8) is 0 Å². The van der Waals surface area contributed by atoms with Crippen LogP contribution in [-0.4, -0.2) is 11.7 Å². The number of aryl methyl sites for hydroxylation is 1. The first-order valence-corrected chi connectivity index (χ1v) is 7.74. The lowest BCUT2D eigenvalue weighted by atomic mass is 9.99. The molecule has 0 fully saturated rings. The van der Waals surface area contributed by atoms with Gasteiger partial charge in [-0.05, 0) is 41.7 Å². The van der Waals surface area contributed by atoms with Crippen molar-refractivity contribution in [2.75, 3.05) is 6.61 Å². The molecule has 112 valence electrons. The maximum absolute atomic E-state index is 10.5. The summed E-state index contributed by atoms with van der Waals surface area (Å²) < 4.78 is 5.64.